The minimum absolute atomic E-state index is 0. The molecule has 0 atom stereocenters. The molecule has 0 radical (unpaired) electrons. The van der Waals surface area contributed by atoms with Gasteiger partial charge >= 0.3 is 18.9 Å². The van der Waals surface area contributed by atoms with E-state index in [2.05, 4.69) is 11.9 Å². The topological polar surface area (TPSA) is 83.5 Å². The summed E-state index contributed by atoms with van der Waals surface area (Å²) in [7, 11) is -4.08. The van der Waals surface area contributed by atoms with Gasteiger partial charge in [0.25, 0.3) is 10.1 Å². The van der Waals surface area contributed by atoms with Gasteiger partial charge in [-0.3, -0.25) is 9.35 Å². The first kappa shape index (κ1) is 16.2. The van der Waals surface area contributed by atoms with E-state index in [0.717, 1.165) is 6.08 Å². The molecule has 0 bridgehead atoms. The Balaban J connectivity index is 0. The van der Waals surface area contributed by atoms with Crippen molar-refractivity contribution in [3.63, 3.8) is 0 Å². The molecule has 0 aromatic carbocycles. The molecule has 0 heterocycles. The molecule has 5 nitrogen and oxygen atoms in total. The Morgan fingerprint density at radius 3 is 2.29 bits per heavy atom. The van der Waals surface area contributed by atoms with E-state index in [-0.39, 0.29) is 18.9 Å². The summed E-state index contributed by atoms with van der Waals surface area (Å²) in [4.78, 5) is 10.8. The van der Waals surface area contributed by atoms with Crippen molar-refractivity contribution in [2.75, 3.05) is 5.75 Å². The van der Waals surface area contributed by atoms with Gasteiger partial charge in [-0.1, -0.05) is 6.58 Å². The molecule has 7 heteroatoms. The maximum absolute atomic E-state index is 10.8. The molecule has 78 valence electrons. The van der Waals surface area contributed by atoms with Crippen molar-refractivity contribution in [3.8, 4) is 0 Å². The Bertz CT molecular complexity index is 310. The van der Waals surface area contributed by atoms with Crippen LogP contribution in [0.5, 0.6) is 0 Å². The predicted octanol–water partition coefficient (Wildman–Crippen LogP) is -0.693. The third-order valence-electron chi connectivity index (χ3n) is 1.19. The zero-order valence-corrected chi connectivity index (χ0v) is 8.39. The molecule has 0 aromatic heterocycles. The van der Waals surface area contributed by atoms with Crippen LogP contribution < -0.4 is 5.32 Å². The summed E-state index contributed by atoms with van der Waals surface area (Å²) in [6, 6.07) is 0. The number of hydrogen-bond acceptors (Lipinski definition) is 3. The Kier molecular flexibility index (Phi) is 6.42. The van der Waals surface area contributed by atoms with Crippen LogP contribution in [0.3, 0.4) is 0 Å². The average molecular weight is 215 g/mol. The van der Waals surface area contributed by atoms with Crippen molar-refractivity contribution in [1.82, 2.24) is 5.32 Å². The van der Waals surface area contributed by atoms with E-state index in [0.29, 0.717) is 0 Å². The van der Waals surface area contributed by atoms with Crippen LogP contribution in [0, 0.1) is 0 Å². The van der Waals surface area contributed by atoms with Gasteiger partial charge in [0.05, 0.1) is 11.3 Å². The van der Waals surface area contributed by atoms with Crippen LogP contribution in [-0.4, -0.2) is 49.0 Å². The second-order valence-corrected chi connectivity index (χ2v) is 4.76. The molecule has 1 amide bonds. The van der Waals surface area contributed by atoms with Gasteiger partial charge in [0.15, 0.2) is 0 Å². The third kappa shape index (κ3) is 8.32. The molecule has 0 rings (SSSR count). The minimum atomic E-state index is -4.08. The van der Waals surface area contributed by atoms with Crippen molar-refractivity contribution in [1.29, 1.82) is 0 Å². The molecular weight excluding hydrogens is 201 g/mol. The SMILES string of the molecule is C=CC(=O)NC(C)(C)CS(=O)(=O)O.[LiH]. The second kappa shape index (κ2) is 5.56. The number of hydrogen-bond donors (Lipinski definition) is 2. The molecule has 0 fully saturated rings. The maximum atomic E-state index is 10.8. The van der Waals surface area contributed by atoms with Crippen molar-refractivity contribution in [2.45, 2.75) is 19.4 Å². The molecule has 0 aliphatic rings. The summed E-state index contributed by atoms with van der Waals surface area (Å²) >= 11 is 0. The standard InChI is InChI=1S/C7H13NO4S.Li.H/c1-4-6(9)8-7(2,3)5-13(10,11)12;;/h4H,1,5H2,2-3H3,(H,8,9)(H,10,11,12);;. The van der Waals surface area contributed by atoms with E-state index in [1.807, 2.05) is 0 Å². The summed E-state index contributed by atoms with van der Waals surface area (Å²) < 4.78 is 29.5. The van der Waals surface area contributed by atoms with Gasteiger partial charge in [0.1, 0.15) is 0 Å². The zero-order valence-electron chi connectivity index (χ0n) is 7.57. The Morgan fingerprint density at radius 2 is 2.00 bits per heavy atom. The van der Waals surface area contributed by atoms with Crippen molar-refractivity contribution in [2.24, 2.45) is 0 Å². The summed E-state index contributed by atoms with van der Waals surface area (Å²) in [5.74, 6) is -1.01. The van der Waals surface area contributed by atoms with E-state index >= 15 is 0 Å². The normalized spacial score (nSPS) is 11.4. The first-order chi connectivity index (χ1) is 5.66. The van der Waals surface area contributed by atoms with E-state index in [1.54, 1.807) is 0 Å². The van der Waals surface area contributed by atoms with Gasteiger partial charge < -0.3 is 5.32 Å². The van der Waals surface area contributed by atoms with Gasteiger partial charge in [-0.05, 0) is 19.9 Å². The van der Waals surface area contributed by atoms with Crippen molar-refractivity contribution >= 4 is 34.9 Å². The molecule has 0 aromatic rings. The van der Waals surface area contributed by atoms with E-state index in [1.165, 1.54) is 13.8 Å². The predicted molar refractivity (Wildman–Crippen MR) is 56.0 cm³/mol. The van der Waals surface area contributed by atoms with Gasteiger partial charge in [-0.25, -0.2) is 0 Å². The summed E-state index contributed by atoms with van der Waals surface area (Å²) in [6.45, 7) is 6.19. The molecule has 14 heavy (non-hydrogen) atoms. The van der Waals surface area contributed by atoms with Crippen LogP contribution in [0.25, 0.3) is 0 Å². The van der Waals surface area contributed by atoms with Gasteiger partial charge in [-0.15, -0.1) is 0 Å². The molecule has 2 N–H and O–H groups in total. The fourth-order valence-electron chi connectivity index (χ4n) is 0.877. The van der Waals surface area contributed by atoms with Crippen molar-refractivity contribution in [3.05, 3.63) is 12.7 Å². The zero-order chi connectivity index (χ0) is 10.7. The third-order valence-corrected chi connectivity index (χ3v) is 2.28. The first-order valence-corrected chi connectivity index (χ1v) is 5.17. The van der Waals surface area contributed by atoms with Crippen molar-refractivity contribution < 1.29 is 17.8 Å². The van der Waals surface area contributed by atoms with E-state index in [4.69, 9.17) is 4.55 Å². The summed E-state index contributed by atoms with van der Waals surface area (Å²) in [6.07, 6.45) is 1.03. The fraction of sp³-hybridized carbons (Fsp3) is 0.571. The Labute approximate surface area is 95.9 Å². The summed E-state index contributed by atoms with van der Waals surface area (Å²) in [5, 5.41) is 2.37. The number of amides is 1. The fourth-order valence-corrected chi connectivity index (χ4v) is 1.86. The van der Waals surface area contributed by atoms with Crippen LogP contribution in [0.2, 0.25) is 0 Å². The Hall–Kier alpha value is -0.283. The molecule has 0 aliphatic carbocycles. The molecule has 0 spiro atoms. The quantitative estimate of drug-likeness (QED) is 0.369. The first-order valence-electron chi connectivity index (χ1n) is 3.56. The molecule has 0 saturated carbocycles. The number of carbonyl (C=O) groups excluding carboxylic acids is 1. The van der Waals surface area contributed by atoms with Gasteiger partial charge in [0.2, 0.25) is 5.91 Å². The number of nitrogens with one attached hydrogen (secondary N) is 1. The van der Waals surface area contributed by atoms with E-state index in [9.17, 15) is 13.2 Å². The summed E-state index contributed by atoms with van der Waals surface area (Å²) in [5.41, 5.74) is -1.00. The number of rotatable bonds is 4. The van der Waals surface area contributed by atoms with Crippen LogP contribution in [0.1, 0.15) is 13.8 Å². The monoisotopic (exact) mass is 215 g/mol. The number of carbonyl (C=O) groups is 1. The molecule has 0 aliphatic heterocycles. The van der Waals surface area contributed by atoms with Gasteiger partial charge in [0, 0.05) is 0 Å². The Morgan fingerprint density at radius 1 is 1.57 bits per heavy atom. The van der Waals surface area contributed by atoms with Crippen LogP contribution in [0.4, 0.5) is 0 Å². The van der Waals surface area contributed by atoms with E-state index < -0.39 is 27.3 Å². The molecule has 0 unspecified atom stereocenters. The van der Waals surface area contributed by atoms with Gasteiger partial charge in [-0.2, -0.15) is 8.42 Å². The molecular formula is C7H14LiNO4S. The van der Waals surface area contributed by atoms with Crippen LogP contribution in [-0.2, 0) is 14.9 Å². The second-order valence-electron chi connectivity index (χ2n) is 3.30. The molecule has 0 saturated heterocycles. The average Bonchev–Trinajstić information content (AvgIpc) is 1.80. The van der Waals surface area contributed by atoms with Crippen LogP contribution in [0.15, 0.2) is 12.7 Å². The van der Waals surface area contributed by atoms with Crippen LogP contribution >= 0.6 is 0 Å².